The zero-order chi connectivity index (χ0) is 54.9. The van der Waals surface area contributed by atoms with Gasteiger partial charge in [0.1, 0.15) is 39.5 Å². The zero-order valence-corrected chi connectivity index (χ0v) is 46.4. The molecule has 27 heteroatoms. The molecular formula is C52H57Cl2F2N15O6S2. The predicted molar refractivity (Wildman–Crippen MR) is 297 cm³/mol. The molecule has 8 aromatic rings. The summed E-state index contributed by atoms with van der Waals surface area (Å²) in [6.45, 7) is 8.58. The summed E-state index contributed by atoms with van der Waals surface area (Å²) < 4.78 is 48.8. The third-order valence-electron chi connectivity index (χ3n) is 11.5. The van der Waals surface area contributed by atoms with Crippen molar-refractivity contribution in [1.82, 2.24) is 66.1 Å². The molecule has 0 spiro atoms. The van der Waals surface area contributed by atoms with Crippen LogP contribution in [0.4, 0.5) is 29.7 Å². The quantitative estimate of drug-likeness (QED) is 0.0212. The number of benzene rings is 4. The van der Waals surface area contributed by atoms with Gasteiger partial charge in [0.2, 0.25) is 0 Å². The van der Waals surface area contributed by atoms with Crippen molar-refractivity contribution in [3.63, 3.8) is 0 Å². The molecule has 79 heavy (non-hydrogen) atoms. The van der Waals surface area contributed by atoms with Crippen LogP contribution in [0, 0.1) is 11.6 Å². The Balaban J connectivity index is 0.000000182. The van der Waals surface area contributed by atoms with Crippen molar-refractivity contribution in [2.45, 2.75) is 87.0 Å². The Morgan fingerprint density at radius 1 is 0.734 bits per heavy atom. The van der Waals surface area contributed by atoms with Crippen molar-refractivity contribution in [2.24, 2.45) is 0 Å². The first-order chi connectivity index (χ1) is 37.8. The number of amides is 2. The maximum atomic E-state index is 15.0. The number of nitrogens with one attached hydrogen (secondary N) is 3. The van der Waals surface area contributed by atoms with Crippen LogP contribution in [0.3, 0.4) is 0 Å². The van der Waals surface area contributed by atoms with E-state index in [0.717, 1.165) is 56.8 Å². The first-order valence-electron chi connectivity index (χ1n) is 24.6. The second-order valence-electron chi connectivity index (χ2n) is 18.5. The van der Waals surface area contributed by atoms with Crippen molar-refractivity contribution in [1.29, 1.82) is 0 Å². The lowest BCUT2D eigenvalue weighted by molar-refractivity contribution is -0.154. The Labute approximate surface area is 473 Å². The van der Waals surface area contributed by atoms with E-state index in [0.29, 0.717) is 67.5 Å². The molecule has 0 unspecified atom stereocenters. The summed E-state index contributed by atoms with van der Waals surface area (Å²) in [6.07, 6.45) is 9.36. The zero-order valence-electron chi connectivity index (χ0n) is 43.2. The molecule has 416 valence electrons. The van der Waals surface area contributed by atoms with Crippen LogP contribution in [0.5, 0.6) is 0 Å². The number of aromatic nitrogens is 12. The second-order valence-corrected chi connectivity index (χ2v) is 21.0. The molecule has 21 nitrogen and oxygen atoms in total. The third kappa shape index (κ3) is 17.8. The number of thioether (sulfide) groups is 2. The van der Waals surface area contributed by atoms with Crippen LogP contribution < -0.4 is 15.1 Å². The highest BCUT2D eigenvalue weighted by atomic mass is 35.5. The number of esters is 1. The number of hydrogen-bond acceptors (Lipinski definition) is 17. The highest BCUT2D eigenvalue weighted by molar-refractivity contribution is 7.99. The Hall–Kier alpha value is -7.45. The number of nitrogens with zero attached hydrogens (tertiary/aromatic N) is 12. The minimum Gasteiger partial charge on any atom is -0.460 e. The number of carbonyl (C=O) groups excluding carboxylic acids is 3. The molecule has 10 rings (SSSR count). The molecule has 0 aliphatic carbocycles. The van der Waals surface area contributed by atoms with Crippen molar-refractivity contribution in [3.05, 3.63) is 145 Å². The SMILES string of the molecule is CC(C)(C)OC(=O)CCCSc1cn[nH]n1.Cl.O=C1O[C@@H](Cn2ccnn2)CN1c1ccc(-c2ccc(CCl)cc2)c(F)c1.O=C1O[C@@H](Cn2ccnn2)CN1c1ccc(-c2ccc(CNCCSc3cn[nH]n3)cc2)c(F)c1. The third-order valence-corrected chi connectivity index (χ3v) is 13.7. The highest BCUT2D eigenvalue weighted by Crippen LogP contribution is 2.32. The van der Waals surface area contributed by atoms with Crippen LogP contribution in [0.1, 0.15) is 44.7 Å². The largest absolute Gasteiger partial charge is 0.460 e. The number of aromatic amines is 2. The van der Waals surface area contributed by atoms with E-state index in [-0.39, 0.29) is 30.6 Å². The summed E-state index contributed by atoms with van der Waals surface area (Å²) >= 11 is 8.99. The molecule has 2 atom stereocenters. The first-order valence-corrected chi connectivity index (χ1v) is 27.2. The van der Waals surface area contributed by atoms with Gasteiger partial charge in [-0.2, -0.15) is 20.6 Å². The molecule has 0 radical (unpaired) electrons. The van der Waals surface area contributed by atoms with Crippen molar-refractivity contribution < 1.29 is 37.4 Å². The van der Waals surface area contributed by atoms with Gasteiger partial charge < -0.3 is 19.5 Å². The van der Waals surface area contributed by atoms with Crippen molar-refractivity contribution in [2.75, 3.05) is 40.9 Å². The molecule has 4 aromatic heterocycles. The average Bonchev–Trinajstić information content (AvgIpc) is 4.34. The molecule has 4 aromatic carbocycles. The van der Waals surface area contributed by atoms with Crippen LogP contribution in [0.2, 0.25) is 0 Å². The van der Waals surface area contributed by atoms with Crippen LogP contribution in [0.15, 0.2) is 132 Å². The highest BCUT2D eigenvalue weighted by Gasteiger charge is 2.34. The molecule has 0 bridgehead atoms. The first kappa shape index (κ1) is 59.2. The van der Waals surface area contributed by atoms with Crippen LogP contribution >= 0.6 is 47.5 Å². The number of alkyl halides is 1. The number of carbonyl (C=O) groups is 3. The summed E-state index contributed by atoms with van der Waals surface area (Å²) in [5.41, 5.74) is 5.06. The maximum absolute atomic E-state index is 15.0. The van der Waals surface area contributed by atoms with Gasteiger partial charge in [-0.05, 0) is 85.8 Å². The van der Waals surface area contributed by atoms with Crippen LogP contribution in [-0.2, 0) is 44.5 Å². The van der Waals surface area contributed by atoms with Gasteiger partial charge in [0.15, 0.2) is 0 Å². The Morgan fingerprint density at radius 2 is 1.23 bits per heavy atom. The normalized spacial score (nSPS) is 14.9. The lowest BCUT2D eigenvalue weighted by Gasteiger charge is -2.19. The summed E-state index contributed by atoms with van der Waals surface area (Å²) in [5.74, 6) is 1.19. The van der Waals surface area contributed by atoms with E-state index < -0.39 is 29.4 Å². The standard InChI is InChI=1S/C23H23FN8O2S.C19H16ClFN4O2.C10H17N3O2S.ClH/c24-21-11-18(32-15-19(34-23(32)33)14-31-9-7-26-30-31)5-6-20(21)17-3-1-16(2-4-17)12-25-8-10-35-22-13-27-29-28-22;20-10-13-1-3-14(4-2-13)17-6-5-15(9-18(17)21)25-12-16(27-19(25)26)11-24-8-7-22-23-24;1-10(2,3)15-9(14)5-4-6-16-8-7-11-13-12-8;/h1-7,9,11,13,19,25H,8,10,12,14-15H2,(H,27,28,29);1-9,16H,10-12H2;7H,4-6H2,1-3H3,(H,11,12,13);1H/t19-;16-;;/m00../s1. The number of hydrogen-bond donors (Lipinski definition) is 3. The lowest BCUT2D eigenvalue weighted by Crippen LogP contribution is -2.26. The molecular weight excluding hydrogens is 1100 g/mol. The number of anilines is 2. The van der Waals surface area contributed by atoms with Crippen molar-refractivity contribution >= 4 is 77.1 Å². The van der Waals surface area contributed by atoms with Gasteiger partial charge in [-0.3, -0.25) is 14.6 Å². The van der Waals surface area contributed by atoms with Crippen LogP contribution in [0.25, 0.3) is 22.3 Å². The number of ether oxygens (including phenoxy) is 3. The number of cyclic esters (lactones) is 2. The molecule has 2 saturated heterocycles. The summed E-state index contributed by atoms with van der Waals surface area (Å²) in [4.78, 5) is 38.7. The van der Waals surface area contributed by atoms with E-state index in [1.807, 2.05) is 69.3 Å². The van der Waals surface area contributed by atoms with Crippen LogP contribution in [-0.4, -0.2) is 128 Å². The van der Waals surface area contributed by atoms with Gasteiger partial charge in [0.05, 0.1) is 62.3 Å². The minimum atomic E-state index is -0.501. The minimum absolute atomic E-state index is 0. The van der Waals surface area contributed by atoms with Gasteiger partial charge in [0.25, 0.3) is 0 Å². The monoisotopic (exact) mass is 1160 g/mol. The van der Waals surface area contributed by atoms with E-state index in [1.165, 1.54) is 21.9 Å². The van der Waals surface area contributed by atoms with Gasteiger partial charge in [-0.25, -0.2) is 27.7 Å². The fraction of sp³-hybridized carbons (Fsp3) is 0.327. The van der Waals surface area contributed by atoms with Crippen molar-refractivity contribution in [3.8, 4) is 22.3 Å². The van der Waals surface area contributed by atoms with E-state index in [2.05, 4.69) is 56.8 Å². The molecule has 6 heterocycles. The molecule has 2 fully saturated rings. The summed E-state index contributed by atoms with van der Waals surface area (Å²) in [5, 5.41) is 40.8. The number of rotatable bonds is 20. The molecule has 3 N–H and O–H groups in total. The van der Waals surface area contributed by atoms with E-state index in [1.54, 1.807) is 94.3 Å². The predicted octanol–water partition coefficient (Wildman–Crippen LogP) is 9.40. The van der Waals surface area contributed by atoms with Gasteiger partial charge in [0, 0.05) is 60.4 Å². The fourth-order valence-electron chi connectivity index (χ4n) is 7.89. The van der Waals surface area contributed by atoms with E-state index in [9.17, 15) is 23.2 Å². The Kier molecular flexibility index (Phi) is 21.7. The molecule has 2 amide bonds. The topological polar surface area (TPSA) is 242 Å². The number of H-pyrrole nitrogens is 2. The Bertz CT molecular complexity index is 3140. The van der Waals surface area contributed by atoms with E-state index >= 15 is 0 Å². The second kappa shape index (κ2) is 29.0. The van der Waals surface area contributed by atoms with Gasteiger partial charge in [-0.1, -0.05) is 59.0 Å². The molecule has 2 aliphatic rings. The fourth-order valence-corrected chi connectivity index (χ4v) is 9.48. The smallest absolute Gasteiger partial charge is 0.414 e. The average molecular weight is 1160 g/mol. The summed E-state index contributed by atoms with van der Waals surface area (Å²) in [7, 11) is 0. The maximum Gasteiger partial charge on any atom is 0.414 e. The Morgan fingerprint density at radius 3 is 1.66 bits per heavy atom. The van der Waals surface area contributed by atoms with Gasteiger partial charge >= 0.3 is 18.2 Å². The van der Waals surface area contributed by atoms with E-state index in [4.69, 9.17) is 25.8 Å². The summed E-state index contributed by atoms with van der Waals surface area (Å²) in [6, 6.07) is 24.7. The lowest BCUT2D eigenvalue weighted by atomic mass is 10.0. The van der Waals surface area contributed by atoms with Gasteiger partial charge in [-0.15, -0.1) is 67.9 Å². The molecule has 2 aliphatic heterocycles. The number of halogens is 4. The molecule has 0 saturated carbocycles.